The van der Waals surface area contributed by atoms with Crippen LogP contribution in [-0.4, -0.2) is 28.6 Å². The number of nitro benzene ring substituents is 1. The van der Waals surface area contributed by atoms with Crippen LogP contribution in [0.3, 0.4) is 0 Å². The van der Waals surface area contributed by atoms with Crippen LogP contribution in [0.2, 0.25) is 0 Å². The molecular formula is C11H13BrN2O4. The first kappa shape index (κ1) is 14.6. The lowest BCUT2D eigenvalue weighted by molar-refractivity contribution is -0.385. The van der Waals surface area contributed by atoms with Gasteiger partial charge in [0.1, 0.15) is 0 Å². The molecular weight excluding hydrogens is 304 g/mol. The monoisotopic (exact) mass is 316 g/mol. The van der Waals surface area contributed by atoms with Crippen molar-refractivity contribution in [1.29, 1.82) is 0 Å². The number of amides is 1. The molecule has 18 heavy (non-hydrogen) atoms. The smallest absolute Gasteiger partial charge is 0.284 e. The number of nitro groups is 1. The van der Waals surface area contributed by atoms with Gasteiger partial charge in [-0.2, -0.15) is 0 Å². The Balaban J connectivity index is 2.93. The highest BCUT2D eigenvalue weighted by molar-refractivity contribution is 9.10. The predicted molar refractivity (Wildman–Crippen MR) is 69.4 cm³/mol. The van der Waals surface area contributed by atoms with Gasteiger partial charge < -0.3 is 10.4 Å². The van der Waals surface area contributed by atoms with Crippen molar-refractivity contribution in [2.75, 3.05) is 6.61 Å². The molecule has 1 rings (SSSR count). The fourth-order valence-corrected chi connectivity index (χ4v) is 1.73. The fourth-order valence-electron chi connectivity index (χ4n) is 1.34. The van der Waals surface area contributed by atoms with E-state index in [0.29, 0.717) is 10.9 Å². The van der Waals surface area contributed by atoms with Crippen molar-refractivity contribution >= 4 is 27.5 Å². The molecule has 7 heteroatoms. The van der Waals surface area contributed by atoms with Gasteiger partial charge in [0.05, 0.1) is 22.0 Å². The minimum absolute atomic E-state index is 0.166. The Hall–Kier alpha value is -1.47. The highest BCUT2D eigenvalue weighted by Crippen LogP contribution is 2.25. The summed E-state index contributed by atoms with van der Waals surface area (Å²) in [6.45, 7) is 1.66. The molecule has 2 N–H and O–H groups in total. The minimum Gasteiger partial charge on any atom is -0.394 e. The van der Waals surface area contributed by atoms with Crippen LogP contribution in [0.25, 0.3) is 0 Å². The molecule has 0 heterocycles. The molecule has 1 amide bonds. The average molecular weight is 317 g/mol. The highest BCUT2D eigenvalue weighted by atomic mass is 79.9. The Morgan fingerprint density at radius 3 is 2.78 bits per heavy atom. The van der Waals surface area contributed by atoms with Gasteiger partial charge in [0.15, 0.2) is 0 Å². The maximum Gasteiger partial charge on any atom is 0.284 e. The summed E-state index contributed by atoms with van der Waals surface area (Å²) in [6, 6.07) is 3.78. The number of carbonyl (C=O) groups excluding carboxylic acids is 1. The number of nitrogens with one attached hydrogen (secondary N) is 1. The second kappa shape index (κ2) is 6.46. The molecule has 6 nitrogen and oxygen atoms in total. The van der Waals surface area contributed by atoms with Crippen LogP contribution in [0.4, 0.5) is 5.69 Å². The lowest BCUT2D eigenvalue weighted by Crippen LogP contribution is -2.36. The summed E-state index contributed by atoms with van der Waals surface area (Å²) < 4.78 is 0.318. The van der Waals surface area contributed by atoms with E-state index in [1.165, 1.54) is 18.2 Å². The molecule has 1 aromatic carbocycles. The second-order valence-corrected chi connectivity index (χ2v) is 4.54. The van der Waals surface area contributed by atoms with E-state index in [2.05, 4.69) is 21.2 Å². The first-order valence-electron chi connectivity index (χ1n) is 5.35. The van der Waals surface area contributed by atoms with E-state index in [1.54, 1.807) is 0 Å². The zero-order valence-electron chi connectivity index (χ0n) is 9.72. The Morgan fingerprint density at radius 1 is 1.61 bits per heavy atom. The topological polar surface area (TPSA) is 92.5 Å². The number of hydrogen-bond donors (Lipinski definition) is 2. The quantitative estimate of drug-likeness (QED) is 0.640. The van der Waals surface area contributed by atoms with Crippen LogP contribution < -0.4 is 5.32 Å². The Morgan fingerprint density at radius 2 is 2.28 bits per heavy atom. The molecule has 0 spiro atoms. The van der Waals surface area contributed by atoms with Gasteiger partial charge in [0, 0.05) is 11.6 Å². The van der Waals surface area contributed by atoms with Crippen LogP contribution in [0.15, 0.2) is 22.7 Å². The Kier molecular flexibility index (Phi) is 5.24. The van der Waals surface area contributed by atoms with E-state index in [9.17, 15) is 14.9 Å². The molecule has 0 aliphatic carbocycles. The fraction of sp³-hybridized carbons (Fsp3) is 0.364. The van der Waals surface area contributed by atoms with Crippen LogP contribution in [-0.2, 0) is 0 Å². The molecule has 0 radical (unpaired) electrons. The van der Waals surface area contributed by atoms with Gasteiger partial charge in [-0.05, 0) is 34.5 Å². The first-order valence-corrected chi connectivity index (χ1v) is 6.14. The van der Waals surface area contributed by atoms with Gasteiger partial charge in [-0.3, -0.25) is 14.9 Å². The maximum absolute atomic E-state index is 11.8. The summed E-state index contributed by atoms with van der Waals surface area (Å²) in [4.78, 5) is 22.0. The zero-order chi connectivity index (χ0) is 13.7. The molecule has 1 atom stereocenters. The van der Waals surface area contributed by atoms with E-state index in [4.69, 9.17) is 5.11 Å². The third-order valence-electron chi connectivity index (χ3n) is 2.45. The molecule has 0 aromatic heterocycles. The van der Waals surface area contributed by atoms with Crippen LogP contribution in [0, 0.1) is 10.1 Å². The summed E-state index contributed by atoms with van der Waals surface area (Å²) in [6.07, 6.45) is 0.584. The standard InChI is InChI=1S/C11H13BrN2O4/c1-2-8(6-15)13-11(16)7-3-4-9(12)10(5-7)14(17)18/h3-5,8,15H,2,6H2,1H3,(H,13,16)/t8-/m1/s1. The minimum atomic E-state index is -0.565. The SMILES string of the molecule is CC[C@H](CO)NC(=O)c1ccc(Br)c([N+](=O)[O-])c1. The third kappa shape index (κ3) is 3.51. The van der Waals surface area contributed by atoms with Crippen LogP contribution in [0.5, 0.6) is 0 Å². The average Bonchev–Trinajstić information content (AvgIpc) is 2.35. The van der Waals surface area contributed by atoms with Gasteiger partial charge in [-0.25, -0.2) is 0 Å². The van der Waals surface area contributed by atoms with Crippen molar-refractivity contribution in [3.05, 3.63) is 38.3 Å². The van der Waals surface area contributed by atoms with E-state index in [1.807, 2.05) is 6.92 Å². The van der Waals surface area contributed by atoms with Crippen molar-refractivity contribution in [3.63, 3.8) is 0 Å². The van der Waals surface area contributed by atoms with Crippen LogP contribution in [0.1, 0.15) is 23.7 Å². The number of nitrogens with zero attached hydrogens (tertiary/aromatic N) is 1. The van der Waals surface area contributed by atoms with Gasteiger partial charge in [0.25, 0.3) is 11.6 Å². The number of carbonyl (C=O) groups is 1. The number of hydrogen-bond acceptors (Lipinski definition) is 4. The van der Waals surface area contributed by atoms with Crippen LogP contribution >= 0.6 is 15.9 Å². The number of rotatable bonds is 5. The molecule has 98 valence electrons. The summed E-state index contributed by atoms with van der Waals surface area (Å²) in [5, 5.41) is 22.3. The van der Waals surface area contributed by atoms with Crippen molar-refractivity contribution in [1.82, 2.24) is 5.32 Å². The molecule has 0 fully saturated rings. The van der Waals surface area contributed by atoms with Crippen molar-refractivity contribution in [2.24, 2.45) is 0 Å². The first-order chi connectivity index (χ1) is 8.49. The van der Waals surface area contributed by atoms with Gasteiger partial charge in [-0.1, -0.05) is 6.92 Å². The Bertz CT molecular complexity index is 460. The predicted octanol–water partition coefficient (Wildman–Crippen LogP) is 1.86. The summed E-state index contributed by atoms with van der Waals surface area (Å²) >= 11 is 3.04. The highest BCUT2D eigenvalue weighted by Gasteiger charge is 2.17. The number of aliphatic hydroxyl groups is 1. The van der Waals surface area contributed by atoms with Crippen molar-refractivity contribution < 1.29 is 14.8 Å². The Labute approximate surface area is 112 Å². The summed E-state index contributed by atoms with van der Waals surface area (Å²) in [5.41, 5.74) is 0.0245. The number of halogens is 1. The zero-order valence-corrected chi connectivity index (χ0v) is 11.3. The van der Waals surface area contributed by atoms with E-state index >= 15 is 0 Å². The second-order valence-electron chi connectivity index (χ2n) is 3.68. The number of benzene rings is 1. The van der Waals surface area contributed by atoms with E-state index < -0.39 is 10.8 Å². The molecule has 0 unspecified atom stereocenters. The van der Waals surface area contributed by atoms with E-state index in [-0.39, 0.29) is 23.9 Å². The maximum atomic E-state index is 11.8. The van der Waals surface area contributed by atoms with Gasteiger partial charge >= 0.3 is 0 Å². The van der Waals surface area contributed by atoms with Gasteiger partial charge in [0.2, 0.25) is 0 Å². The molecule has 1 aromatic rings. The normalized spacial score (nSPS) is 11.9. The third-order valence-corrected chi connectivity index (χ3v) is 3.12. The summed E-state index contributed by atoms with van der Waals surface area (Å²) in [7, 11) is 0. The molecule has 0 saturated carbocycles. The van der Waals surface area contributed by atoms with Gasteiger partial charge in [-0.15, -0.1) is 0 Å². The molecule has 0 saturated heterocycles. The van der Waals surface area contributed by atoms with Crippen molar-refractivity contribution in [2.45, 2.75) is 19.4 Å². The molecule has 0 bridgehead atoms. The molecule has 0 aliphatic heterocycles. The summed E-state index contributed by atoms with van der Waals surface area (Å²) in [5.74, 6) is -0.438. The van der Waals surface area contributed by atoms with E-state index in [0.717, 1.165) is 0 Å². The molecule has 0 aliphatic rings. The lowest BCUT2D eigenvalue weighted by Gasteiger charge is -2.13. The largest absolute Gasteiger partial charge is 0.394 e. The lowest BCUT2D eigenvalue weighted by atomic mass is 10.1. The number of aliphatic hydroxyl groups excluding tert-OH is 1. The van der Waals surface area contributed by atoms with Crippen molar-refractivity contribution in [3.8, 4) is 0 Å².